The molecule has 0 aromatic heterocycles. The number of hydrogen-bond donors (Lipinski definition) is 1. The fourth-order valence-corrected chi connectivity index (χ4v) is 5.17. The van der Waals surface area contributed by atoms with Crippen LogP contribution in [0.3, 0.4) is 0 Å². The Morgan fingerprint density at radius 2 is 1.66 bits per heavy atom. The van der Waals surface area contributed by atoms with Crippen LogP contribution in [0.2, 0.25) is 5.02 Å². The van der Waals surface area contributed by atoms with E-state index in [4.69, 9.17) is 16.3 Å². The molecule has 0 heterocycles. The molecule has 2 amide bonds. The Labute approximate surface area is 231 Å². The summed E-state index contributed by atoms with van der Waals surface area (Å²) in [5, 5.41) is 3.85. The summed E-state index contributed by atoms with van der Waals surface area (Å²) in [6.45, 7) is 4.15. The summed E-state index contributed by atoms with van der Waals surface area (Å²) in [6.07, 6.45) is 5.79. The fraction of sp³-hybridized carbons (Fsp3) is 0.375. The first-order valence-corrected chi connectivity index (χ1v) is 13.8. The maximum atomic E-state index is 13.8. The second-order valence-corrected chi connectivity index (χ2v) is 10.7. The van der Waals surface area contributed by atoms with Gasteiger partial charge >= 0.3 is 0 Å². The van der Waals surface area contributed by atoms with E-state index in [0.717, 1.165) is 47.9 Å². The van der Waals surface area contributed by atoms with Crippen molar-refractivity contribution in [2.45, 2.75) is 71.0 Å². The van der Waals surface area contributed by atoms with E-state index in [2.05, 4.69) is 5.32 Å². The van der Waals surface area contributed by atoms with Crippen molar-refractivity contribution in [2.24, 2.45) is 0 Å². The van der Waals surface area contributed by atoms with Gasteiger partial charge in [0.15, 0.2) is 6.61 Å². The number of hydrogen-bond acceptors (Lipinski definition) is 3. The molecule has 1 fully saturated rings. The minimum absolute atomic E-state index is 0.123. The third-order valence-electron chi connectivity index (χ3n) is 7.31. The molecule has 0 spiro atoms. The van der Waals surface area contributed by atoms with Crippen LogP contribution in [0.4, 0.5) is 0 Å². The first-order chi connectivity index (χ1) is 18.4. The van der Waals surface area contributed by atoms with Crippen LogP contribution in [0, 0.1) is 13.8 Å². The molecule has 1 saturated carbocycles. The third kappa shape index (κ3) is 7.84. The number of ether oxygens (including phenoxy) is 1. The quantitative estimate of drug-likeness (QED) is 0.327. The van der Waals surface area contributed by atoms with E-state index in [-0.39, 0.29) is 31.0 Å². The van der Waals surface area contributed by atoms with Crippen LogP contribution in [-0.4, -0.2) is 35.4 Å². The minimum atomic E-state index is -0.686. The van der Waals surface area contributed by atoms with Gasteiger partial charge in [0.05, 0.1) is 0 Å². The lowest BCUT2D eigenvalue weighted by molar-refractivity contribution is -0.143. The lowest BCUT2D eigenvalue weighted by Crippen LogP contribution is -2.53. The molecular formula is C32H37ClN2O3. The van der Waals surface area contributed by atoms with Gasteiger partial charge in [-0.25, -0.2) is 0 Å². The molecule has 38 heavy (non-hydrogen) atoms. The van der Waals surface area contributed by atoms with Gasteiger partial charge in [-0.05, 0) is 73.2 Å². The number of nitrogens with zero attached hydrogens (tertiary/aromatic N) is 1. The average molecular weight is 533 g/mol. The third-order valence-corrected chi connectivity index (χ3v) is 7.54. The van der Waals surface area contributed by atoms with E-state index in [9.17, 15) is 9.59 Å². The highest BCUT2D eigenvalue weighted by Gasteiger charge is 2.32. The topological polar surface area (TPSA) is 58.6 Å². The number of halogens is 1. The van der Waals surface area contributed by atoms with Crippen molar-refractivity contribution in [3.05, 3.63) is 100 Å². The molecule has 0 saturated heterocycles. The van der Waals surface area contributed by atoms with Gasteiger partial charge in [-0.3, -0.25) is 9.59 Å². The highest BCUT2D eigenvalue weighted by Crippen LogP contribution is 2.22. The lowest BCUT2D eigenvalue weighted by Gasteiger charge is -2.33. The molecule has 4 rings (SSSR count). The standard InChI is InChI=1S/C32H37ClN2O3/c1-23-16-17-29(18-24(23)2)38-22-31(36)35(21-26-12-9-13-27(33)19-26)30(20-25-10-5-3-6-11-25)32(37)34-28-14-7-4-8-15-28/h3,5-6,9-13,16-19,28,30H,4,7-8,14-15,20-22H2,1-2H3,(H,34,37)/t30-/m1/s1. The van der Waals surface area contributed by atoms with E-state index in [1.807, 2.05) is 80.6 Å². The van der Waals surface area contributed by atoms with Crippen LogP contribution >= 0.6 is 11.6 Å². The van der Waals surface area contributed by atoms with Crippen LogP contribution < -0.4 is 10.1 Å². The number of amides is 2. The highest BCUT2D eigenvalue weighted by molar-refractivity contribution is 6.30. The van der Waals surface area contributed by atoms with Crippen molar-refractivity contribution in [2.75, 3.05) is 6.61 Å². The van der Waals surface area contributed by atoms with Crippen molar-refractivity contribution < 1.29 is 14.3 Å². The monoisotopic (exact) mass is 532 g/mol. The number of benzene rings is 3. The zero-order chi connectivity index (χ0) is 26.9. The van der Waals surface area contributed by atoms with E-state index in [1.165, 1.54) is 6.42 Å². The molecule has 3 aromatic rings. The largest absolute Gasteiger partial charge is 0.484 e. The summed E-state index contributed by atoms with van der Waals surface area (Å²) in [7, 11) is 0. The van der Waals surface area contributed by atoms with E-state index < -0.39 is 6.04 Å². The zero-order valence-electron chi connectivity index (χ0n) is 22.3. The van der Waals surface area contributed by atoms with Crippen molar-refractivity contribution in [1.29, 1.82) is 0 Å². The fourth-order valence-electron chi connectivity index (χ4n) is 4.96. The Kier molecular flexibility index (Phi) is 9.83. The van der Waals surface area contributed by atoms with Crippen LogP contribution in [0.25, 0.3) is 0 Å². The minimum Gasteiger partial charge on any atom is -0.484 e. The van der Waals surface area contributed by atoms with Gasteiger partial charge in [-0.15, -0.1) is 0 Å². The number of aryl methyl sites for hydroxylation is 2. The van der Waals surface area contributed by atoms with E-state index in [1.54, 1.807) is 11.0 Å². The predicted octanol–water partition coefficient (Wildman–Crippen LogP) is 6.42. The summed E-state index contributed by atoms with van der Waals surface area (Å²) in [5.74, 6) is 0.265. The highest BCUT2D eigenvalue weighted by atomic mass is 35.5. The maximum absolute atomic E-state index is 13.8. The summed E-state index contributed by atoms with van der Waals surface area (Å²) in [6, 6.07) is 22.5. The molecular weight excluding hydrogens is 496 g/mol. The summed E-state index contributed by atoms with van der Waals surface area (Å²) in [4.78, 5) is 29.2. The zero-order valence-corrected chi connectivity index (χ0v) is 23.0. The predicted molar refractivity (Wildman–Crippen MR) is 152 cm³/mol. The number of carbonyl (C=O) groups excluding carboxylic acids is 2. The SMILES string of the molecule is Cc1ccc(OCC(=O)N(Cc2cccc(Cl)c2)[C@H](Cc2ccccc2)C(=O)NC2CCCCC2)cc1C. The Balaban J connectivity index is 1.61. The van der Waals surface area contributed by atoms with Crippen LogP contribution in [0.15, 0.2) is 72.8 Å². The molecule has 1 atom stereocenters. The summed E-state index contributed by atoms with van der Waals surface area (Å²) in [5.41, 5.74) is 4.11. The molecule has 1 N–H and O–H groups in total. The molecule has 1 aliphatic carbocycles. The molecule has 6 heteroatoms. The average Bonchev–Trinajstić information content (AvgIpc) is 2.92. The van der Waals surface area contributed by atoms with Gasteiger partial charge in [-0.1, -0.05) is 79.4 Å². The molecule has 0 aliphatic heterocycles. The Morgan fingerprint density at radius 3 is 2.37 bits per heavy atom. The van der Waals surface area contributed by atoms with Gasteiger partial charge in [0.1, 0.15) is 11.8 Å². The van der Waals surface area contributed by atoms with E-state index >= 15 is 0 Å². The first kappa shape index (κ1) is 27.7. The van der Waals surface area contributed by atoms with Gasteiger partial charge in [-0.2, -0.15) is 0 Å². The number of carbonyl (C=O) groups is 2. The maximum Gasteiger partial charge on any atom is 0.261 e. The smallest absolute Gasteiger partial charge is 0.261 e. The van der Waals surface area contributed by atoms with Crippen LogP contribution in [0.1, 0.15) is 54.4 Å². The van der Waals surface area contributed by atoms with Crippen molar-refractivity contribution in [3.63, 3.8) is 0 Å². The molecule has 0 unspecified atom stereocenters. The van der Waals surface area contributed by atoms with Crippen LogP contribution in [-0.2, 0) is 22.6 Å². The second-order valence-electron chi connectivity index (χ2n) is 10.2. The molecule has 200 valence electrons. The summed E-state index contributed by atoms with van der Waals surface area (Å²) < 4.78 is 5.93. The normalized spacial score (nSPS) is 14.5. The van der Waals surface area contributed by atoms with Crippen molar-refractivity contribution in [3.8, 4) is 5.75 Å². The Morgan fingerprint density at radius 1 is 0.921 bits per heavy atom. The summed E-state index contributed by atoms with van der Waals surface area (Å²) >= 11 is 6.27. The number of rotatable bonds is 10. The molecule has 5 nitrogen and oxygen atoms in total. The van der Waals surface area contributed by atoms with Crippen LogP contribution in [0.5, 0.6) is 5.75 Å². The van der Waals surface area contributed by atoms with Crippen molar-refractivity contribution in [1.82, 2.24) is 10.2 Å². The van der Waals surface area contributed by atoms with E-state index in [0.29, 0.717) is 17.2 Å². The lowest BCUT2D eigenvalue weighted by atomic mass is 9.94. The molecule has 0 bridgehead atoms. The number of nitrogens with one attached hydrogen (secondary N) is 1. The van der Waals surface area contributed by atoms with Gasteiger partial charge < -0.3 is 15.0 Å². The van der Waals surface area contributed by atoms with Gasteiger partial charge in [0, 0.05) is 24.0 Å². The Hall–Kier alpha value is -3.31. The van der Waals surface area contributed by atoms with Crippen molar-refractivity contribution >= 4 is 23.4 Å². The second kappa shape index (κ2) is 13.5. The molecule has 3 aromatic carbocycles. The molecule has 0 radical (unpaired) electrons. The molecule has 1 aliphatic rings. The Bertz CT molecular complexity index is 1220. The first-order valence-electron chi connectivity index (χ1n) is 13.5. The van der Waals surface area contributed by atoms with Gasteiger partial charge in [0.25, 0.3) is 5.91 Å². The van der Waals surface area contributed by atoms with Gasteiger partial charge in [0.2, 0.25) is 5.91 Å².